The highest BCUT2D eigenvalue weighted by molar-refractivity contribution is 7.79. The molecular formula is C42H55Cl2N5O4S. The van der Waals surface area contributed by atoms with Crippen molar-refractivity contribution in [2.24, 2.45) is 5.41 Å². The molecule has 0 unspecified atom stereocenters. The molecule has 2 heterocycles. The van der Waals surface area contributed by atoms with Gasteiger partial charge in [-0.1, -0.05) is 98.3 Å². The van der Waals surface area contributed by atoms with Crippen LogP contribution in [0.1, 0.15) is 63.6 Å². The highest BCUT2D eigenvalue weighted by Crippen LogP contribution is 2.37. The van der Waals surface area contributed by atoms with Crippen molar-refractivity contribution < 1.29 is 19.2 Å². The minimum Gasteiger partial charge on any atom is -0.351 e. The van der Waals surface area contributed by atoms with Crippen molar-refractivity contribution in [1.29, 1.82) is 0 Å². The zero-order chi connectivity index (χ0) is 40.5. The van der Waals surface area contributed by atoms with Gasteiger partial charge in [0.15, 0.2) is 0 Å². The second-order valence-electron chi connectivity index (χ2n) is 13.9. The summed E-state index contributed by atoms with van der Waals surface area (Å²) in [6.45, 7) is 10.9. The minimum atomic E-state index is -0.597. The molecule has 2 aliphatic rings. The molecule has 3 aromatic rings. The van der Waals surface area contributed by atoms with E-state index >= 15 is 0 Å². The van der Waals surface area contributed by atoms with Crippen molar-refractivity contribution in [2.75, 3.05) is 58.5 Å². The van der Waals surface area contributed by atoms with E-state index < -0.39 is 11.8 Å². The Hall–Kier alpha value is -4.01. The van der Waals surface area contributed by atoms with E-state index in [0.29, 0.717) is 23.0 Å². The maximum Gasteiger partial charge on any atom is 0.316 e. The molecular weight excluding hydrogens is 741 g/mol. The van der Waals surface area contributed by atoms with Gasteiger partial charge in [0.1, 0.15) is 0 Å². The van der Waals surface area contributed by atoms with E-state index in [9.17, 15) is 19.2 Å². The number of rotatable bonds is 4. The summed E-state index contributed by atoms with van der Waals surface area (Å²) < 4.78 is 0. The van der Waals surface area contributed by atoms with Gasteiger partial charge in [0.25, 0.3) is 0 Å². The Balaban J connectivity index is 0.000000325. The number of benzene rings is 3. The van der Waals surface area contributed by atoms with Gasteiger partial charge in [0.05, 0.1) is 22.0 Å². The summed E-state index contributed by atoms with van der Waals surface area (Å²) in [5, 5.41) is 6.69. The number of hydrogen-bond donors (Lipinski definition) is 3. The molecule has 2 N–H and O–H groups in total. The van der Waals surface area contributed by atoms with Crippen molar-refractivity contribution >= 4 is 65.1 Å². The Labute approximate surface area is 337 Å². The van der Waals surface area contributed by atoms with Gasteiger partial charge in [-0.15, -0.1) is 0 Å². The molecule has 0 bridgehead atoms. The van der Waals surface area contributed by atoms with Crippen molar-refractivity contribution in [2.45, 2.75) is 58.9 Å². The molecule has 5 rings (SSSR count). The molecule has 0 aliphatic carbocycles. The molecule has 0 saturated carbocycles. The molecule has 12 heteroatoms. The first kappa shape index (κ1) is 46.1. The number of nitrogens with one attached hydrogen (secondary N) is 2. The molecule has 54 heavy (non-hydrogen) atoms. The van der Waals surface area contributed by atoms with E-state index in [1.54, 1.807) is 49.5 Å². The van der Waals surface area contributed by atoms with Crippen molar-refractivity contribution in [3.8, 4) is 11.8 Å². The molecule has 0 radical (unpaired) electrons. The fourth-order valence-corrected chi connectivity index (χ4v) is 6.45. The number of hydrogen-bond acceptors (Lipinski definition) is 6. The second-order valence-corrected chi connectivity index (χ2v) is 14.7. The number of amides is 4. The number of halogens is 2. The smallest absolute Gasteiger partial charge is 0.316 e. The van der Waals surface area contributed by atoms with Crippen LogP contribution in [0.25, 0.3) is 0 Å². The second kappa shape index (κ2) is 22.4. The Morgan fingerprint density at radius 2 is 1.56 bits per heavy atom. The summed E-state index contributed by atoms with van der Waals surface area (Å²) in [5.74, 6) is 5.55. The number of carbonyl (C=O) groups is 4. The van der Waals surface area contributed by atoms with Gasteiger partial charge in [0.2, 0.25) is 11.8 Å². The number of likely N-dealkylation sites (N-methyl/N-ethyl adjacent to an activating group) is 2. The van der Waals surface area contributed by atoms with Gasteiger partial charge >= 0.3 is 11.8 Å². The number of thiol groups is 1. The lowest BCUT2D eigenvalue weighted by Crippen LogP contribution is -2.56. The molecule has 9 nitrogen and oxygen atoms in total. The van der Waals surface area contributed by atoms with Crippen LogP contribution in [0.5, 0.6) is 0 Å². The van der Waals surface area contributed by atoms with Crippen LogP contribution in [0.2, 0.25) is 10.0 Å². The van der Waals surface area contributed by atoms with Gasteiger partial charge in [-0.25, -0.2) is 0 Å². The zero-order valence-corrected chi connectivity index (χ0v) is 35.2. The number of likely N-dealkylation sites (tertiary alicyclic amines) is 1. The van der Waals surface area contributed by atoms with Crippen LogP contribution in [0.4, 0.5) is 5.69 Å². The Morgan fingerprint density at radius 1 is 0.944 bits per heavy atom. The molecule has 2 aliphatic heterocycles. The van der Waals surface area contributed by atoms with E-state index in [4.69, 9.17) is 23.2 Å². The highest BCUT2D eigenvalue weighted by Gasteiger charge is 2.41. The molecule has 3 aromatic carbocycles. The average molecular weight is 797 g/mol. The van der Waals surface area contributed by atoms with E-state index in [2.05, 4.69) is 58.2 Å². The number of nitrogens with zero attached hydrogens (tertiary/aromatic N) is 3. The van der Waals surface area contributed by atoms with E-state index in [1.165, 1.54) is 23.1 Å². The molecule has 292 valence electrons. The van der Waals surface area contributed by atoms with Gasteiger partial charge in [-0.05, 0) is 67.5 Å². The summed E-state index contributed by atoms with van der Waals surface area (Å²) in [4.78, 5) is 51.6. The molecule has 4 amide bonds. The topological polar surface area (TPSA) is 102 Å². The third-order valence-corrected chi connectivity index (χ3v) is 9.51. The van der Waals surface area contributed by atoms with Crippen molar-refractivity contribution in [3.05, 3.63) is 99.5 Å². The minimum absolute atomic E-state index is 0.139. The van der Waals surface area contributed by atoms with Crippen LogP contribution < -0.4 is 15.5 Å². The van der Waals surface area contributed by atoms with Crippen molar-refractivity contribution in [1.82, 2.24) is 20.4 Å². The summed E-state index contributed by atoms with van der Waals surface area (Å²) >= 11 is 15.5. The lowest BCUT2D eigenvalue weighted by Gasteiger charge is -2.45. The number of fused-ring (bicyclic) bond motifs is 2. The Bertz CT molecular complexity index is 1760. The summed E-state index contributed by atoms with van der Waals surface area (Å²) in [6.07, 6.45) is 4.87. The van der Waals surface area contributed by atoms with Gasteiger partial charge in [0, 0.05) is 70.4 Å². The predicted molar refractivity (Wildman–Crippen MR) is 225 cm³/mol. The van der Waals surface area contributed by atoms with E-state index in [0.717, 1.165) is 50.1 Å². The third kappa shape index (κ3) is 13.7. The Kier molecular flexibility index (Phi) is 19.1. The standard InChI is InChI=1S/C23H22Cl2N2O.C11H14N2O2.C7H15NO.CH4S/c24-20-9-8-17(15-21(20)25)5-3-4-12-27-13-10-23(11-14-27)19-7-2-1-6-18(19)16-22(28)26-23;1-3-13(11(15)10(14)12-2)9-7-5-4-6-8-9;1-7(2,3)6(9)8(4)5;1-2/h1-2,6-9,15H,4,10-14,16H2,(H,26,28);4-8H,3H2,1-2H3,(H,12,14);1-5H3;2H,1H3. The van der Waals surface area contributed by atoms with Crippen LogP contribution in [0, 0.1) is 17.3 Å². The first-order chi connectivity index (χ1) is 25.6. The SMILES string of the molecule is CCN(C(=O)C(=O)NC)c1ccccc1.CN(C)C(=O)C(C)(C)C.CS.O=C1Cc2ccccc2C2(CCN(CCC#Cc3ccc(Cl)c(Cl)c3)CC2)N1. The van der Waals surface area contributed by atoms with Gasteiger partial charge in [-0.2, -0.15) is 12.6 Å². The number of carbonyl (C=O) groups excluding carboxylic acids is 4. The molecule has 0 aromatic heterocycles. The lowest BCUT2D eigenvalue weighted by molar-refractivity contribution is -0.137. The van der Waals surface area contributed by atoms with E-state index in [1.807, 2.05) is 58.0 Å². The first-order valence-electron chi connectivity index (χ1n) is 17.9. The lowest BCUT2D eigenvalue weighted by atomic mass is 9.75. The first-order valence-corrected chi connectivity index (χ1v) is 19.6. The molecule has 0 atom stereocenters. The van der Waals surface area contributed by atoms with E-state index in [-0.39, 0.29) is 22.8 Å². The van der Waals surface area contributed by atoms with Gasteiger partial charge in [-0.3, -0.25) is 19.2 Å². The number of para-hydroxylation sites is 1. The van der Waals surface area contributed by atoms with Crippen LogP contribution in [0.15, 0.2) is 72.8 Å². The van der Waals surface area contributed by atoms with Crippen molar-refractivity contribution in [3.63, 3.8) is 0 Å². The molecule has 1 spiro atoms. The third-order valence-electron chi connectivity index (χ3n) is 8.78. The molecule has 1 fully saturated rings. The van der Waals surface area contributed by atoms with Crippen LogP contribution in [-0.4, -0.2) is 87.0 Å². The average Bonchev–Trinajstić information content (AvgIpc) is 3.16. The highest BCUT2D eigenvalue weighted by atomic mass is 35.5. The van der Waals surface area contributed by atoms with Crippen LogP contribution in [-0.2, 0) is 31.1 Å². The monoisotopic (exact) mass is 795 g/mol. The normalized spacial score (nSPS) is 14.0. The van der Waals surface area contributed by atoms with Crippen LogP contribution in [0.3, 0.4) is 0 Å². The predicted octanol–water partition coefficient (Wildman–Crippen LogP) is 6.85. The maximum absolute atomic E-state index is 12.2. The number of anilines is 1. The van der Waals surface area contributed by atoms with Crippen LogP contribution >= 0.6 is 35.8 Å². The van der Waals surface area contributed by atoms with Gasteiger partial charge < -0.3 is 25.3 Å². The largest absolute Gasteiger partial charge is 0.351 e. The fourth-order valence-electron chi connectivity index (χ4n) is 6.15. The summed E-state index contributed by atoms with van der Waals surface area (Å²) in [5.41, 5.74) is 3.65. The zero-order valence-electron chi connectivity index (χ0n) is 32.8. The Morgan fingerprint density at radius 3 is 2.09 bits per heavy atom. The fraction of sp³-hybridized carbons (Fsp3) is 0.429. The molecule has 1 saturated heterocycles. The summed E-state index contributed by atoms with van der Waals surface area (Å²) in [7, 11) is 4.99. The quantitative estimate of drug-likeness (QED) is 0.153. The number of piperidine rings is 1. The summed E-state index contributed by atoms with van der Waals surface area (Å²) in [6, 6.07) is 22.9. The maximum atomic E-state index is 12.2.